The van der Waals surface area contributed by atoms with Gasteiger partial charge in [-0.15, -0.1) is 0 Å². The average molecular weight is 329 g/mol. The van der Waals surface area contributed by atoms with Gasteiger partial charge >= 0.3 is 6.09 Å². The lowest BCUT2D eigenvalue weighted by atomic mass is 10.3. The molecule has 0 saturated carbocycles. The highest BCUT2D eigenvalue weighted by Crippen LogP contribution is 2.25. The number of non-ortho nitro benzene ring substituents is 1. The Bertz CT molecular complexity index is 738. The molecule has 6 nitrogen and oxygen atoms in total. The number of rotatable bonds is 3. The van der Waals surface area contributed by atoms with Gasteiger partial charge in [0.05, 0.1) is 15.6 Å². The molecule has 1 amide bonds. The van der Waals surface area contributed by atoms with Crippen LogP contribution in [-0.2, 0) is 0 Å². The largest absolute Gasteiger partial charge is 0.417 e. The number of nitro groups is 1. The summed E-state index contributed by atoms with van der Waals surface area (Å²) in [5, 5.41) is 12.4. The van der Waals surface area contributed by atoms with Crippen LogP contribution in [-0.4, -0.2) is 11.0 Å². The smallest absolute Gasteiger partial charge is 0.410 e. The fourth-order valence-electron chi connectivity index (χ4n) is 1.50. The summed E-state index contributed by atoms with van der Waals surface area (Å²) in [6.07, 6.45) is -1.01. The summed E-state index contributed by atoms with van der Waals surface area (Å²) in [5.74, 6) is -2.31. The summed E-state index contributed by atoms with van der Waals surface area (Å²) in [5.41, 5.74) is -0.344. The second-order valence-electron chi connectivity index (χ2n) is 4.01. The van der Waals surface area contributed by atoms with Crippen LogP contribution in [0.25, 0.3) is 0 Å². The highest BCUT2D eigenvalue weighted by molar-refractivity contribution is 6.33. The van der Waals surface area contributed by atoms with Crippen molar-refractivity contribution in [2.24, 2.45) is 0 Å². The first kappa shape index (κ1) is 15.6. The molecule has 0 heterocycles. The SMILES string of the molecule is O=C(Nc1cc(F)c(F)cc1Cl)Oc1ccc([N+](=O)[O-])cc1. The van der Waals surface area contributed by atoms with Crippen molar-refractivity contribution in [1.82, 2.24) is 0 Å². The Morgan fingerprint density at radius 2 is 1.77 bits per heavy atom. The number of nitrogens with zero attached hydrogens (tertiary/aromatic N) is 1. The van der Waals surface area contributed by atoms with Gasteiger partial charge in [0.1, 0.15) is 5.75 Å². The first-order chi connectivity index (χ1) is 10.4. The fourth-order valence-corrected chi connectivity index (χ4v) is 1.69. The van der Waals surface area contributed by atoms with Crippen LogP contribution in [0.3, 0.4) is 0 Å². The molecule has 0 aliphatic rings. The van der Waals surface area contributed by atoms with E-state index in [0.717, 1.165) is 12.1 Å². The van der Waals surface area contributed by atoms with E-state index in [1.807, 2.05) is 0 Å². The van der Waals surface area contributed by atoms with E-state index < -0.39 is 22.7 Å². The van der Waals surface area contributed by atoms with Crippen LogP contribution in [0, 0.1) is 21.7 Å². The van der Waals surface area contributed by atoms with Crippen LogP contribution in [0.1, 0.15) is 0 Å². The first-order valence-corrected chi connectivity index (χ1v) is 6.12. The van der Waals surface area contributed by atoms with Crippen molar-refractivity contribution in [1.29, 1.82) is 0 Å². The van der Waals surface area contributed by atoms with Crippen molar-refractivity contribution in [3.63, 3.8) is 0 Å². The summed E-state index contributed by atoms with van der Waals surface area (Å²) < 4.78 is 30.8. The standard InChI is InChI=1S/C13H7ClF2N2O4/c14-9-5-10(15)11(16)6-12(9)17-13(19)22-8-3-1-7(2-4-8)18(20)21/h1-6H,(H,17,19). The van der Waals surface area contributed by atoms with Crippen LogP contribution in [0.4, 0.5) is 25.0 Å². The number of amides is 1. The van der Waals surface area contributed by atoms with Crippen molar-refractivity contribution < 1.29 is 23.2 Å². The number of hydrogen-bond acceptors (Lipinski definition) is 4. The van der Waals surface area contributed by atoms with E-state index in [2.05, 4.69) is 5.32 Å². The molecule has 0 spiro atoms. The molecule has 0 fully saturated rings. The number of nitro benzene ring substituents is 1. The molecule has 0 unspecified atom stereocenters. The van der Waals surface area contributed by atoms with Gasteiger partial charge in [0, 0.05) is 18.2 Å². The number of ether oxygens (including phenoxy) is 1. The first-order valence-electron chi connectivity index (χ1n) is 5.74. The zero-order chi connectivity index (χ0) is 16.3. The molecule has 1 N–H and O–H groups in total. The van der Waals surface area contributed by atoms with Gasteiger partial charge < -0.3 is 4.74 Å². The Labute approximate surface area is 127 Å². The quantitative estimate of drug-likeness (QED) is 0.521. The van der Waals surface area contributed by atoms with Gasteiger partial charge in [0.2, 0.25) is 0 Å². The normalized spacial score (nSPS) is 10.1. The summed E-state index contributed by atoms with van der Waals surface area (Å²) in [6, 6.07) is 6.13. The molecule has 2 aromatic rings. The molecule has 0 bridgehead atoms. The molecule has 2 rings (SSSR count). The maximum absolute atomic E-state index is 13.1. The van der Waals surface area contributed by atoms with Crippen molar-refractivity contribution in [3.8, 4) is 5.75 Å². The van der Waals surface area contributed by atoms with Crippen LogP contribution in [0.2, 0.25) is 5.02 Å². The average Bonchev–Trinajstić information content (AvgIpc) is 2.45. The minimum Gasteiger partial charge on any atom is -0.410 e. The van der Waals surface area contributed by atoms with Gasteiger partial charge in [0.25, 0.3) is 5.69 Å². The lowest BCUT2D eigenvalue weighted by Crippen LogP contribution is -2.17. The third-order valence-electron chi connectivity index (χ3n) is 2.50. The third-order valence-corrected chi connectivity index (χ3v) is 2.82. The molecule has 0 atom stereocenters. The van der Waals surface area contributed by atoms with Crippen molar-refractivity contribution in [2.45, 2.75) is 0 Å². The highest BCUT2D eigenvalue weighted by Gasteiger charge is 2.13. The maximum atomic E-state index is 13.1. The molecule has 9 heteroatoms. The highest BCUT2D eigenvalue weighted by atomic mass is 35.5. The van der Waals surface area contributed by atoms with Gasteiger partial charge in [-0.1, -0.05) is 11.6 Å². The number of halogens is 3. The number of hydrogen-bond donors (Lipinski definition) is 1. The van der Waals surface area contributed by atoms with Crippen molar-refractivity contribution in [2.75, 3.05) is 5.32 Å². The van der Waals surface area contributed by atoms with Gasteiger partial charge in [-0.3, -0.25) is 15.4 Å². The number of anilines is 1. The summed E-state index contributed by atoms with van der Waals surface area (Å²) in [6.45, 7) is 0. The predicted octanol–water partition coefficient (Wildman–Crippen LogP) is 4.14. The van der Waals surface area contributed by atoms with Gasteiger partial charge in [-0.2, -0.15) is 0 Å². The molecule has 0 radical (unpaired) electrons. The lowest BCUT2D eigenvalue weighted by Gasteiger charge is -2.08. The summed E-state index contributed by atoms with van der Waals surface area (Å²) in [4.78, 5) is 21.5. The minimum absolute atomic E-state index is 0.0295. The third kappa shape index (κ3) is 3.67. The Balaban J connectivity index is 2.07. The zero-order valence-electron chi connectivity index (χ0n) is 10.7. The molecule has 0 aromatic heterocycles. The number of carbonyl (C=O) groups is 1. The molecular formula is C13H7ClF2N2O4. The Kier molecular flexibility index (Phi) is 4.52. The van der Waals surface area contributed by atoms with E-state index in [-0.39, 0.29) is 22.1 Å². The molecule has 0 aliphatic carbocycles. The molecule has 22 heavy (non-hydrogen) atoms. The van der Waals surface area contributed by atoms with E-state index in [4.69, 9.17) is 16.3 Å². The predicted molar refractivity (Wildman–Crippen MR) is 74.1 cm³/mol. The van der Waals surface area contributed by atoms with Gasteiger partial charge in [-0.25, -0.2) is 13.6 Å². The molecular weight excluding hydrogens is 322 g/mol. The molecule has 0 aliphatic heterocycles. The fraction of sp³-hybridized carbons (Fsp3) is 0. The van der Waals surface area contributed by atoms with Crippen molar-refractivity contribution >= 4 is 29.1 Å². The van der Waals surface area contributed by atoms with Gasteiger partial charge in [0.15, 0.2) is 11.6 Å². The van der Waals surface area contributed by atoms with E-state index >= 15 is 0 Å². The second-order valence-corrected chi connectivity index (χ2v) is 4.42. The Morgan fingerprint density at radius 3 is 2.36 bits per heavy atom. The van der Waals surface area contributed by atoms with E-state index in [9.17, 15) is 23.7 Å². The zero-order valence-corrected chi connectivity index (χ0v) is 11.4. The van der Waals surface area contributed by atoms with Crippen LogP contribution in [0.5, 0.6) is 5.75 Å². The van der Waals surface area contributed by atoms with Crippen LogP contribution < -0.4 is 10.1 Å². The van der Waals surface area contributed by atoms with Crippen LogP contribution in [0.15, 0.2) is 36.4 Å². The Hall–Kier alpha value is -2.74. The van der Waals surface area contributed by atoms with E-state index in [0.29, 0.717) is 12.1 Å². The van der Waals surface area contributed by atoms with Crippen molar-refractivity contribution in [3.05, 3.63) is 63.2 Å². The minimum atomic E-state index is -1.19. The van der Waals surface area contributed by atoms with E-state index in [1.54, 1.807) is 0 Å². The van der Waals surface area contributed by atoms with Crippen LogP contribution >= 0.6 is 11.6 Å². The summed E-state index contributed by atoms with van der Waals surface area (Å²) >= 11 is 5.65. The maximum Gasteiger partial charge on any atom is 0.417 e. The second kappa shape index (κ2) is 6.35. The lowest BCUT2D eigenvalue weighted by molar-refractivity contribution is -0.384. The number of benzene rings is 2. The Morgan fingerprint density at radius 1 is 1.18 bits per heavy atom. The van der Waals surface area contributed by atoms with Gasteiger partial charge in [-0.05, 0) is 18.2 Å². The van der Waals surface area contributed by atoms with E-state index in [1.165, 1.54) is 12.1 Å². The molecule has 114 valence electrons. The summed E-state index contributed by atoms with van der Waals surface area (Å²) in [7, 11) is 0. The molecule has 0 saturated heterocycles. The molecule has 2 aromatic carbocycles. The topological polar surface area (TPSA) is 81.5 Å². The number of carbonyl (C=O) groups excluding carboxylic acids is 1. The number of nitrogens with one attached hydrogen (secondary N) is 1. The monoisotopic (exact) mass is 328 g/mol.